The number of hydrogen-bond donors (Lipinski definition) is 2. The second-order valence-electron chi connectivity index (χ2n) is 7.12. The fraction of sp³-hybridized carbons (Fsp3) is 0.429. The molecule has 7 heteroatoms. The fourth-order valence-electron chi connectivity index (χ4n) is 3.39. The molecule has 0 bridgehead atoms. The Morgan fingerprint density at radius 2 is 1.96 bits per heavy atom. The zero-order chi connectivity index (χ0) is 20.1. The molecule has 1 aromatic heterocycles. The highest BCUT2D eigenvalue weighted by atomic mass is 16.2. The molecule has 7 nitrogen and oxygen atoms in total. The van der Waals surface area contributed by atoms with Crippen LogP contribution in [-0.2, 0) is 24.1 Å². The van der Waals surface area contributed by atoms with Gasteiger partial charge in [-0.05, 0) is 56.4 Å². The van der Waals surface area contributed by atoms with Crippen LogP contribution >= 0.6 is 0 Å². The molecule has 0 fully saturated rings. The van der Waals surface area contributed by atoms with Crippen molar-refractivity contribution in [2.45, 2.75) is 46.0 Å². The summed E-state index contributed by atoms with van der Waals surface area (Å²) in [5.41, 5.74) is 4.89. The molecule has 28 heavy (non-hydrogen) atoms. The smallest absolute Gasteiger partial charge is 0.319 e. The number of nitrogens with one attached hydrogen (secondary N) is 2. The van der Waals surface area contributed by atoms with Crippen LogP contribution in [0.25, 0.3) is 0 Å². The van der Waals surface area contributed by atoms with E-state index in [0.29, 0.717) is 18.7 Å². The Morgan fingerprint density at radius 1 is 1.18 bits per heavy atom. The van der Waals surface area contributed by atoms with Gasteiger partial charge in [0.25, 0.3) is 0 Å². The van der Waals surface area contributed by atoms with Crippen molar-refractivity contribution in [1.29, 1.82) is 0 Å². The Kier molecular flexibility index (Phi) is 6.23. The van der Waals surface area contributed by atoms with Crippen molar-refractivity contribution >= 4 is 23.3 Å². The number of aryl methyl sites for hydroxylation is 2. The Morgan fingerprint density at radius 3 is 2.75 bits per heavy atom. The predicted octanol–water partition coefficient (Wildman–Crippen LogP) is 3.01. The van der Waals surface area contributed by atoms with Gasteiger partial charge in [-0.1, -0.05) is 6.07 Å². The van der Waals surface area contributed by atoms with E-state index in [9.17, 15) is 9.59 Å². The van der Waals surface area contributed by atoms with Crippen LogP contribution in [0, 0.1) is 6.92 Å². The first-order valence-corrected chi connectivity index (χ1v) is 9.68. The number of benzene rings is 1. The van der Waals surface area contributed by atoms with E-state index in [0.717, 1.165) is 30.0 Å². The molecule has 0 aliphatic heterocycles. The third-order valence-corrected chi connectivity index (χ3v) is 5.03. The first kappa shape index (κ1) is 19.8. The van der Waals surface area contributed by atoms with E-state index in [-0.39, 0.29) is 11.9 Å². The topological polar surface area (TPSA) is 87.2 Å². The number of urea groups is 1. The second kappa shape index (κ2) is 8.82. The van der Waals surface area contributed by atoms with Crippen LogP contribution in [0.15, 0.2) is 24.3 Å². The largest absolute Gasteiger partial charge is 0.337 e. The minimum absolute atomic E-state index is 0.0676. The van der Waals surface area contributed by atoms with Gasteiger partial charge in [0, 0.05) is 49.7 Å². The number of hydrogen-bond acceptors (Lipinski definition) is 4. The molecular weight excluding hydrogens is 354 g/mol. The van der Waals surface area contributed by atoms with Gasteiger partial charge in [-0.15, -0.1) is 0 Å². The molecule has 148 valence electrons. The molecule has 1 aromatic carbocycles. The minimum atomic E-state index is -0.294. The molecular formula is C21H27N5O2. The summed E-state index contributed by atoms with van der Waals surface area (Å²) in [6.45, 7) is 3.99. The summed E-state index contributed by atoms with van der Waals surface area (Å²) in [6, 6.07) is 6.87. The Labute approximate surface area is 165 Å². The van der Waals surface area contributed by atoms with Gasteiger partial charge in [0.2, 0.25) is 5.91 Å². The van der Waals surface area contributed by atoms with Crippen LogP contribution in [-0.4, -0.2) is 35.5 Å². The normalized spacial score (nSPS) is 12.8. The van der Waals surface area contributed by atoms with Crippen LogP contribution in [0.4, 0.5) is 16.2 Å². The summed E-state index contributed by atoms with van der Waals surface area (Å²) in [5, 5.41) is 5.63. The first-order valence-electron chi connectivity index (χ1n) is 9.68. The Hall–Kier alpha value is -2.96. The minimum Gasteiger partial charge on any atom is -0.337 e. The maximum absolute atomic E-state index is 12.2. The van der Waals surface area contributed by atoms with E-state index in [1.807, 2.05) is 13.0 Å². The van der Waals surface area contributed by atoms with E-state index in [1.165, 1.54) is 35.9 Å². The number of amides is 3. The molecule has 0 spiro atoms. The summed E-state index contributed by atoms with van der Waals surface area (Å²) >= 11 is 0. The standard InChI is InChI=1S/C21H27N5O2/c1-14-18-9-4-5-10-19(18)25-20(23-14)11-12-22-21(28)24-16-7-6-8-17(13-16)26(3)15(2)27/h6-8,13H,4-5,9-12H2,1-3H3,(H2,22,24,28). The van der Waals surface area contributed by atoms with Gasteiger partial charge in [-0.25, -0.2) is 14.8 Å². The van der Waals surface area contributed by atoms with Crippen molar-refractivity contribution in [3.05, 3.63) is 47.0 Å². The van der Waals surface area contributed by atoms with Crippen molar-refractivity contribution in [3.8, 4) is 0 Å². The van der Waals surface area contributed by atoms with Crippen molar-refractivity contribution in [1.82, 2.24) is 15.3 Å². The maximum atomic E-state index is 12.2. The van der Waals surface area contributed by atoms with E-state index in [1.54, 1.807) is 25.2 Å². The second-order valence-corrected chi connectivity index (χ2v) is 7.12. The molecule has 0 unspecified atom stereocenters. The third kappa shape index (κ3) is 4.85. The SMILES string of the molecule is CC(=O)N(C)c1cccc(NC(=O)NCCc2nc(C)c3c(n2)CCCC3)c1. The summed E-state index contributed by atoms with van der Waals surface area (Å²) in [6.07, 6.45) is 5.07. The van der Waals surface area contributed by atoms with Crippen molar-refractivity contribution in [2.75, 3.05) is 23.8 Å². The molecule has 3 amide bonds. The lowest BCUT2D eigenvalue weighted by atomic mass is 9.95. The highest BCUT2D eigenvalue weighted by Gasteiger charge is 2.15. The van der Waals surface area contributed by atoms with Gasteiger partial charge < -0.3 is 15.5 Å². The van der Waals surface area contributed by atoms with Gasteiger partial charge in [0.15, 0.2) is 0 Å². The first-order chi connectivity index (χ1) is 13.4. The van der Waals surface area contributed by atoms with E-state index >= 15 is 0 Å². The molecule has 0 atom stereocenters. The highest BCUT2D eigenvalue weighted by molar-refractivity contribution is 5.93. The van der Waals surface area contributed by atoms with E-state index in [2.05, 4.69) is 20.6 Å². The average molecular weight is 381 g/mol. The average Bonchev–Trinajstić information content (AvgIpc) is 2.67. The zero-order valence-corrected chi connectivity index (χ0v) is 16.7. The van der Waals surface area contributed by atoms with Gasteiger partial charge in [0.1, 0.15) is 5.82 Å². The fourth-order valence-corrected chi connectivity index (χ4v) is 3.39. The molecule has 0 saturated heterocycles. The van der Waals surface area contributed by atoms with Gasteiger partial charge >= 0.3 is 6.03 Å². The number of nitrogens with zero attached hydrogens (tertiary/aromatic N) is 3. The predicted molar refractivity (Wildman–Crippen MR) is 110 cm³/mol. The molecule has 2 aromatic rings. The number of fused-ring (bicyclic) bond motifs is 1. The number of rotatable bonds is 5. The van der Waals surface area contributed by atoms with Gasteiger partial charge in [-0.2, -0.15) is 0 Å². The van der Waals surface area contributed by atoms with Crippen molar-refractivity contribution in [2.24, 2.45) is 0 Å². The Balaban J connectivity index is 1.53. The third-order valence-electron chi connectivity index (χ3n) is 5.03. The van der Waals surface area contributed by atoms with Crippen molar-refractivity contribution < 1.29 is 9.59 Å². The summed E-state index contributed by atoms with van der Waals surface area (Å²) < 4.78 is 0. The molecule has 1 aliphatic rings. The molecule has 1 heterocycles. The zero-order valence-electron chi connectivity index (χ0n) is 16.7. The molecule has 2 N–H and O–H groups in total. The van der Waals surface area contributed by atoms with E-state index in [4.69, 9.17) is 0 Å². The van der Waals surface area contributed by atoms with E-state index < -0.39 is 0 Å². The lowest BCUT2D eigenvalue weighted by Crippen LogP contribution is -2.31. The maximum Gasteiger partial charge on any atom is 0.319 e. The number of aromatic nitrogens is 2. The lowest BCUT2D eigenvalue weighted by molar-refractivity contribution is -0.116. The Bertz CT molecular complexity index is 881. The van der Waals surface area contributed by atoms with Crippen LogP contribution in [0.1, 0.15) is 42.5 Å². The van der Waals surface area contributed by atoms with Gasteiger partial charge in [0.05, 0.1) is 0 Å². The van der Waals surface area contributed by atoms with Gasteiger partial charge in [-0.3, -0.25) is 4.79 Å². The lowest BCUT2D eigenvalue weighted by Gasteiger charge is -2.17. The molecule has 0 radical (unpaired) electrons. The van der Waals surface area contributed by atoms with Crippen LogP contribution in [0.2, 0.25) is 0 Å². The molecule has 0 saturated carbocycles. The highest BCUT2D eigenvalue weighted by Crippen LogP contribution is 2.22. The monoisotopic (exact) mass is 381 g/mol. The van der Waals surface area contributed by atoms with Crippen LogP contribution < -0.4 is 15.5 Å². The molecule has 1 aliphatic carbocycles. The quantitative estimate of drug-likeness (QED) is 0.833. The summed E-state index contributed by atoms with van der Waals surface area (Å²) in [4.78, 5) is 34.5. The summed E-state index contributed by atoms with van der Waals surface area (Å²) in [5.74, 6) is 0.713. The van der Waals surface area contributed by atoms with Crippen LogP contribution in [0.5, 0.6) is 0 Å². The summed E-state index contributed by atoms with van der Waals surface area (Å²) in [7, 11) is 1.70. The van der Waals surface area contributed by atoms with Crippen molar-refractivity contribution in [3.63, 3.8) is 0 Å². The number of anilines is 2. The molecule has 3 rings (SSSR count). The van der Waals surface area contributed by atoms with Crippen LogP contribution in [0.3, 0.4) is 0 Å². The number of carbonyl (C=O) groups is 2. The number of carbonyl (C=O) groups excluding carboxylic acids is 2.